The molecule has 3 nitrogen and oxygen atoms in total. The van der Waals surface area contributed by atoms with E-state index in [-0.39, 0.29) is 0 Å². The van der Waals surface area contributed by atoms with E-state index in [9.17, 15) is 5.11 Å². The summed E-state index contributed by atoms with van der Waals surface area (Å²) in [5, 5.41) is 13.9. The molecule has 0 aliphatic heterocycles. The van der Waals surface area contributed by atoms with Crippen LogP contribution < -0.4 is 10.2 Å². The lowest BCUT2D eigenvalue weighted by Gasteiger charge is -2.16. The zero-order valence-corrected chi connectivity index (χ0v) is 12.4. The molecule has 2 N–H and O–H groups in total. The maximum absolute atomic E-state index is 10.2. The van der Waals surface area contributed by atoms with Gasteiger partial charge in [-0.1, -0.05) is 29.8 Å². The molecular weight excluding hydrogens is 272 g/mol. The van der Waals surface area contributed by atoms with E-state index in [1.807, 2.05) is 61.5 Å². The fourth-order valence-electron chi connectivity index (χ4n) is 1.95. The fourth-order valence-corrected chi connectivity index (χ4v) is 2.21. The normalized spacial score (nSPS) is 12.0. The first-order valence-corrected chi connectivity index (χ1v) is 6.89. The van der Waals surface area contributed by atoms with Gasteiger partial charge in [-0.05, 0) is 30.3 Å². The molecule has 0 aliphatic carbocycles. The molecule has 2 aromatic carbocycles. The number of rotatable bonds is 5. The van der Waals surface area contributed by atoms with Crippen molar-refractivity contribution >= 4 is 23.0 Å². The van der Waals surface area contributed by atoms with Crippen molar-refractivity contribution in [2.24, 2.45) is 0 Å². The van der Waals surface area contributed by atoms with Crippen LogP contribution in [-0.2, 0) is 0 Å². The number of nitrogens with zero attached hydrogens (tertiary/aromatic N) is 1. The van der Waals surface area contributed by atoms with E-state index in [0.29, 0.717) is 11.6 Å². The van der Waals surface area contributed by atoms with Crippen LogP contribution in [0.25, 0.3) is 0 Å². The minimum absolute atomic E-state index is 0.422. The first kappa shape index (κ1) is 14.7. The van der Waals surface area contributed by atoms with Gasteiger partial charge in [-0.3, -0.25) is 0 Å². The number of anilines is 2. The average Bonchev–Trinajstić information content (AvgIpc) is 2.45. The van der Waals surface area contributed by atoms with E-state index in [2.05, 4.69) is 5.32 Å². The minimum atomic E-state index is -0.628. The SMILES string of the molecule is CN(C)c1ccc(NCC(O)c2ccccc2Cl)cc1. The average molecular weight is 291 g/mol. The Morgan fingerprint density at radius 2 is 1.75 bits per heavy atom. The Hall–Kier alpha value is -1.71. The molecule has 1 unspecified atom stereocenters. The lowest BCUT2D eigenvalue weighted by Crippen LogP contribution is -2.13. The van der Waals surface area contributed by atoms with Crippen molar-refractivity contribution < 1.29 is 5.11 Å². The highest BCUT2D eigenvalue weighted by Crippen LogP contribution is 2.23. The van der Waals surface area contributed by atoms with Gasteiger partial charge in [0.2, 0.25) is 0 Å². The first-order valence-electron chi connectivity index (χ1n) is 6.51. The van der Waals surface area contributed by atoms with Gasteiger partial charge in [-0.25, -0.2) is 0 Å². The highest BCUT2D eigenvalue weighted by Gasteiger charge is 2.10. The summed E-state index contributed by atoms with van der Waals surface area (Å²) in [6, 6.07) is 15.4. The molecule has 0 heterocycles. The molecule has 106 valence electrons. The van der Waals surface area contributed by atoms with Crippen molar-refractivity contribution in [1.29, 1.82) is 0 Å². The van der Waals surface area contributed by atoms with Crippen LogP contribution in [0.15, 0.2) is 48.5 Å². The van der Waals surface area contributed by atoms with Crippen molar-refractivity contribution in [2.45, 2.75) is 6.10 Å². The van der Waals surface area contributed by atoms with Gasteiger partial charge in [0.15, 0.2) is 0 Å². The van der Waals surface area contributed by atoms with Crippen LogP contribution in [-0.4, -0.2) is 25.7 Å². The van der Waals surface area contributed by atoms with Crippen LogP contribution in [0, 0.1) is 0 Å². The van der Waals surface area contributed by atoms with Crippen LogP contribution in [0.3, 0.4) is 0 Å². The number of hydrogen-bond donors (Lipinski definition) is 2. The molecular formula is C16H19ClN2O. The lowest BCUT2D eigenvalue weighted by molar-refractivity contribution is 0.192. The summed E-state index contributed by atoms with van der Waals surface area (Å²) in [7, 11) is 4.01. The number of aliphatic hydroxyl groups is 1. The van der Waals surface area contributed by atoms with Crippen molar-refractivity contribution in [1.82, 2.24) is 0 Å². The highest BCUT2D eigenvalue weighted by atomic mass is 35.5. The zero-order chi connectivity index (χ0) is 14.5. The molecule has 0 saturated carbocycles. The minimum Gasteiger partial charge on any atom is -0.387 e. The standard InChI is InChI=1S/C16H19ClN2O/c1-19(2)13-9-7-12(8-10-13)18-11-16(20)14-5-3-4-6-15(14)17/h3-10,16,18,20H,11H2,1-2H3. The Labute approximate surface area is 124 Å². The topological polar surface area (TPSA) is 35.5 Å². The van der Waals surface area contributed by atoms with Crippen molar-refractivity contribution in [2.75, 3.05) is 30.9 Å². The largest absolute Gasteiger partial charge is 0.387 e. The second kappa shape index (κ2) is 6.64. The van der Waals surface area contributed by atoms with Gasteiger partial charge < -0.3 is 15.3 Å². The predicted octanol–water partition coefficient (Wildman–Crippen LogP) is 3.55. The third-order valence-electron chi connectivity index (χ3n) is 3.15. The Balaban J connectivity index is 1.96. The number of aliphatic hydroxyl groups excluding tert-OH is 1. The molecule has 0 fully saturated rings. The summed E-state index contributed by atoms with van der Waals surface area (Å²) in [5.41, 5.74) is 2.86. The van der Waals surface area contributed by atoms with Gasteiger partial charge in [0.25, 0.3) is 0 Å². The second-order valence-corrected chi connectivity index (χ2v) is 5.27. The Morgan fingerprint density at radius 3 is 2.35 bits per heavy atom. The van der Waals surface area contributed by atoms with Gasteiger partial charge in [0, 0.05) is 42.6 Å². The molecule has 0 amide bonds. The van der Waals surface area contributed by atoms with Crippen LogP contribution in [0.4, 0.5) is 11.4 Å². The molecule has 0 bridgehead atoms. The van der Waals surface area contributed by atoms with Crippen LogP contribution in [0.2, 0.25) is 5.02 Å². The fraction of sp³-hybridized carbons (Fsp3) is 0.250. The van der Waals surface area contributed by atoms with E-state index >= 15 is 0 Å². The maximum atomic E-state index is 10.2. The molecule has 20 heavy (non-hydrogen) atoms. The molecule has 0 aromatic heterocycles. The van der Waals surface area contributed by atoms with E-state index in [4.69, 9.17) is 11.6 Å². The highest BCUT2D eigenvalue weighted by molar-refractivity contribution is 6.31. The van der Waals surface area contributed by atoms with Gasteiger partial charge in [-0.2, -0.15) is 0 Å². The third-order valence-corrected chi connectivity index (χ3v) is 3.49. The summed E-state index contributed by atoms with van der Waals surface area (Å²) < 4.78 is 0. The molecule has 0 saturated heterocycles. The number of nitrogens with one attached hydrogen (secondary N) is 1. The Kier molecular flexibility index (Phi) is 4.88. The van der Waals surface area contributed by atoms with Crippen molar-refractivity contribution in [3.05, 3.63) is 59.1 Å². The van der Waals surface area contributed by atoms with E-state index < -0.39 is 6.10 Å². The second-order valence-electron chi connectivity index (χ2n) is 4.86. The number of hydrogen-bond acceptors (Lipinski definition) is 3. The Morgan fingerprint density at radius 1 is 1.10 bits per heavy atom. The monoisotopic (exact) mass is 290 g/mol. The van der Waals surface area contributed by atoms with E-state index in [1.54, 1.807) is 6.07 Å². The predicted molar refractivity (Wildman–Crippen MR) is 85.7 cm³/mol. The molecule has 0 aliphatic rings. The van der Waals surface area contributed by atoms with Gasteiger partial charge >= 0.3 is 0 Å². The van der Waals surface area contributed by atoms with Crippen molar-refractivity contribution in [3.8, 4) is 0 Å². The summed E-state index contributed by atoms with van der Waals surface area (Å²) in [6.07, 6.45) is -0.628. The quantitative estimate of drug-likeness (QED) is 0.884. The van der Waals surface area contributed by atoms with Gasteiger partial charge in [0.1, 0.15) is 0 Å². The Bertz CT molecular complexity index is 555. The van der Waals surface area contributed by atoms with Crippen LogP contribution >= 0.6 is 11.6 Å². The van der Waals surface area contributed by atoms with Crippen LogP contribution in [0.5, 0.6) is 0 Å². The van der Waals surface area contributed by atoms with E-state index in [0.717, 1.165) is 16.9 Å². The summed E-state index contributed by atoms with van der Waals surface area (Å²) in [4.78, 5) is 2.04. The molecule has 4 heteroatoms. The van der Waals surface area contributed by atoms with E-state index in [1.165, 1.54) is 0 Å². The molecule has 2 aromatic rings. The smallest absolute Gasteiger partial charge is 0.0976 e. The molecule has 2 rings (SSSR count). The zero-order valence-electron chi connectivity index (χ0n) is 11.7. The number of halogens is 1. The lowest BCUT2D eigenvalue weighted by atomic mass is 10.1. The van der Waals surface area contributed by atoms with Crippen LogP contribution in [0.1, 0.15) is 11.7 Å². The maximum Gasteiger partial charge on any atom is 0.0976 e. The number of benzene rings is 2. The molecule has 0 radical (unpaired) electrons. The summed E-state index contributed by atoms with van der Waals surface area (Å²) in [6.45, 7) is 0.422. The molecule has 1 atom stereocenters. The third kappa shape index (κ3) is 3.65. The first-order chi connectivity index (χ1) is 9.58. The summed E-state index contributed by atoms with van der Waals surface area (Å²) in [5.74, 6) is 0. The van der Waals surface area contributed by atoms with Crippen molar-refractivity contribution in [3.63, 3.8) is 0 Å². The van der Waals surface area contributed by atoms with Gasteiger partial charge in [-0.15, -0.1) is 0 Å². The molecule has 0 spiro atoms. The van der Waals surface area contributed by atoms with Gasteiger partial charge in [0.05, 0.1) is 6.10 Å². The summed E-state index contributed by atoms with van der Waals surface area (Å²) >= 11 is 6.06.